The van der Waals surface area contributed by atoms with Crippen molar-refractivity contribution in [3.05, 3.63) is 0 Å². The van der Waals surface area contributed by atoms with E-state index < -0.39 is 18.3 Å². The van der Waals surface area contributed by atoms with Crippen molar-refractivity contribution < 1.29 is 20.1 Å². The van der Waals surface area contributed by atoms with Crippen LogP contribution in [0.25, 0.3) is 0 Å². The van der Waals surface area contributed by atoms with Gasteiger partial charge < -0.3 is 20.1 Å². The quantitative estimate of drug-likeness (QED) is 0.450. The Morgan fingerprint density at radius 1 is 1.36 bits per heavy atom. The largest absolute Gasteiger partial charge is 0.394 e. The SMILES string of the molecule is CC1CO[C@H](CO)[C@@H](O)[C@H]1O. The Hall–Kier alpha value is -0.160. The van der Waals surface area contributed by atoms with Gasteiger partial charge in [-0.05, 0) is 0 Å². The van der Waals surface area contributed by atoms with E-state index in [0.29, 0.717) is 6.61 Å². The number of rotatable bonds is 1. The summed E-state index contributed by atoms with van der Waals surface area (Å²) >= 11 is 0. The Bertz CT molecular complexity index is 126. The van der Waals surface area contributed by atoms with Crippen molar-refractivity contribution in [2.75, 3.05) is 13.2 Å². The summed E-state index contributed by atoms with van der Waals surface area (Å²) in [6.07, 6.45) is -2.36. The van der Waals surface area contributed by atoms with Gasteiger partial charge in [0.1, 0.15) is 12.2 Å². The third kappa shape index (κ3) is 1.70. The number of aliphatic hydroxyl groups is 3. The van der Waals surface area contributed by atoms with E-state index in [1.165, 1.54) is 0 Å². The zero-order valence-corrected chi connectivity index (χ0v) is 6.47. The smallest absolute Gasteiger partial charge is 0.109 e. The lowest BCUT2D eigenvalue weighted by molar-refractivity contribution is -0.170. The molecule has 1 heterocycles. The van der Waals surface area contributed by atoms with Crippen LogP contribution in [-0.4, -0.2) is 46.8 Å². The molecule has 4 nitrogen and oxygen atoms in total. The molecule has 0 aromatic heterocycles. The van der Waals surface area contributed by atoms with E-state index in [4.69, 9.17) is 9.84 Å². The number of ether oxygens (including phenoxy) is 1. The molecule has 1 rings (SSSR count). The molecule has 3 N–H and O–H groups in total. The van der Waals surface area contributed by atoms with Crippen molar-refractivity contribution in [1.82, 2.24) is 0 Å². The molecule has 4 atom stereocenters. The van der Waals surface area contributed by atoms with E-state index in [2.05, 4.69) is 0 Å². The summed E-state index contributed by atoms with van der Waals surface area (Å²) < 4.78 is 5.06. The highest BCUT2D eigenvalue weighted by molar-refractivity contribution is 4.84. The third-order valence-electron chi connectivity index (χ3n) is 2.07. The zero-order valence-electron chi connectivity index (χ0n) is 6.47. The predicted octanol–water partition coefficient (Wildman–Crippen LogP) is -1.26. The van der Waals surface area contributed by atoms with Gasteiger partial charge in [-0.25, -0.2) is 0 Å². The fraction of sp³-hybridized carbons (Fsp3) is 1.00. The van der Waals surface area contributed by atoms with Crippen LogP contribution in [0.2, 0.25) is 0 Å². The molecule has 0 spiro atoms. The van der Waals surface area contributed by atoms with Gasteiger partial charge in [-0.2, -0.15) is 0 Å². The van der Waals surface area contributed by atoms with Gasteiger partial charge in [-0.15, -0.1) is 0 Å². The van der Waals surface area contributed by atoms with Gasteiger partial charge >= 0.3 is 0 Å². The maximum atomic E-state index is 9.31. The maximum Gasteiger partial charge on any atom is 0.109 e. The molecule has 0 bridgehead atoms. The predicted molar refractivity (Wildman–Crippen MR) is 38.0 cm³/mol. The van der Waals surface area contributed by atoms with Gasteiger partial charge in [-0.1, -0.05) is 6.92 Å². The fourth-order valence-electron chi connectivity index (χ4n) is 1.19. The highest BCUT2D eigenvalue weighted by Crippen LogP contribution is 2.19. The summed E-state index contributed by atoms with van der Waals surface area (Å²) in [7, 11) is 0. The van der Waals surface area contributed by atoms with Crippen LogP contribution in [0.5, 0.6) is 0 Å². The molecule has 11 heavy (non-hydrogen) atoms. The molecule has 0 aromatic carbocycles. The summed E-state index contributed by atoms with van der Waals surface area (Å²) in [5, 5.41) is 27.2. The Balaban J connectivity index is 2.52. The van der Waals surface area contributed by atoms with Gasteiger partial charge in [-0.3, -0.25) is 0 Å². The van der Waals surface area contributed by atoms with E-state index >= 15 is 0 Å². The summed E-state index contributed by atoms with van der Waals surface area (Å²) in [5.41, 5.74) is 0. The standard InChI is InChI=1S/C7H14O4/c1-4-3-11-5(2-8)7(10)6(4)9/h4-10H,2-3H2,1H3/t4?,5-,6+,7-/m1/s1. The van der Waals surface area contributed by atoms with E-state index in [-0.39, 0.29) is 12.5 Å². The second kappa shape index (κ2) is 3.49. The normalized spacial score (nSPS) is 45.8. The number of hydrogen-bond acceptors (Lipinski definition) is 4. The molecule has 66 valence electrons. The second-order valence-electron chi connectivity index (χ2n) is 3.01. The fourth-order valence-corrected chi connectivity index (χ4v) is 1.19. The minimum atomic E-state index is -0.955. The summed E-state index contributed by atoms with van der Waals surface area (Å²) in [6.45, 7) is 1.94. The van der Waals surface area contributed by atoms with Crippen LogP contribution in [0, 0.1) is 5.92 Å². The first-order valence-corrected chi connectivity index (χ1v) is 3.75. The van der Waals surface area contributed by atoms with Gasteiger partial charge in [0.25, 0.3) is 0 Å². The minimum absolute atomic E-state index is 0.0622. The molecule has 0 radical (unpaired) electrons. The lowest BCUT2D eigenvalue weighted by atomic mass is 9.94. The Labute approximate surface area is 65.4 Å². The number of hydrogen-bond donors (Lipinski definition) is 3. The van der Waals surface area contributed by atoms with Crippen molar-refractivity contribution in [3.8, 4) is 0 Å². The highest BCUT2D eigenvalue weighted by atomic mass is 16.5. The van der Waals surface area contributed by atoms with Crippen LogP contribution in [0.4, 0.5) is 0 Å². The molecule has 4 heteroatoms. The molecule has 1 fully saturated rings. The molecule has 1 aliphatic rings. The van der Waals surface area contributed by atoms with Crippen LogP contribution in [0.3, 0.4) is 0 Å². The Morgan fingerprint density at radius 3 is 2.55 bits per heavy atom. The molecule has 1 unspecified atom stereocenters. The number of aliphatic hydroxyl groups excluding tert-OH is 3. The van der Waals surface area contributed by atoms with Crippen LogP contribution >= 0.6 is 0 Å². The van der Waals surface area contributed by atoms with Crippen molar-refractivity contribution >= 4 is 0 Å². The van der Waals surface area contributed by atoms with Crippen molar-refractivity contribution in [1.29, 1.82) is 0 Å². The van der Waals surface area contributed by atoms with Crippen LogP contribution in [0.1, 0.15) is 6.92 Å². The molecular formula is C7H14O4. The summed E-state index contributed by atoms with van der Waals surface area (Å²) in [6, 6.07) is 0. The van der Waals surface area contributed by atoms with Crippen LogP contribution in [-0.2, 0) is 4.74 Å². The molecule has 1 aliphatic heterocycles. The molecule has 1 saturated heterocycles. The van der Waals surface area contributed by atoms with Crippen molar-refractivity contribution in [3.63, 3.8) is 0 Å². The summed E-state index contributed by atoms with van der Waals surface area (Å²) in [5.74, 6) is -0.0622. The zero-order chi connectivity index (χ0) is 8.43. The third-order valence-corrected chi connectivity index (χ3v) is 2.07. The molecule has 0 saturated carbocycles. The van der Waals surface area contributed by atoms with Gasteiger partial charge in [0.2, 0.25) is 0 Å². The average molecular weight is 162 g/mol. The molecule has 0 aromatic rings. The first kappa shape index (κ1) is 8.93. The Kier molecular flexibility index (Phi) is 2.84. The highest BCUT2D eigenvalue weighted by Gasteiger charge is 2.35. The molecular weight excluding hydrogens is 148 g/mol. The minimum Gasteiger partial charge on any atom is -0.394 e. The van der Waals surface area contributed by atoms with Crippen LogP contribution < -0.4 is 0 Å². The van der Waals surface area contributed by atoms with E-state index in [0.717, 1.165) is 0 Å². The molecule has 0 amide bonds. The van der Waals surface area contributed by atoms with Gasteiger partial charge in [0, 0.05) is 5.92 Å². The first-order valence-electron chi connectivity index (χ1n) is 3.75. The van der Waals surface area contributed by atoms with Crippen LogP contribution in [0.15, 0.2) is 0 Å². The maximum absolute atomic E-state index is 9.31. The van der Waals surface area contributed by atoms with E-state index in [1.54, 1.807) is 6.92 Å². The lowest BCUT2D eigenvalue weighted by Crippen LogP contribution is -2.50. The van der Waals surface area contributed by atoms with Crippen molar-refractivity contribution in [2.45, 2.75) is 25.2 Å². The second-order valence-corrected chi connectivity index (χ2v) is 3.01. The average Bonchev–Trinajstić information content (AvgIpc) is 2.01. The van der Waals surface area contributed by atoms with Crippen molar-refractivity contribution in [2.24, 2.45) is 5.92 Å². The summed E-state index contributed by atoms with van der Waals surface area (Å²) in [4.78, 5) is 0. The monoisotopic (exact) mass is 162 g/mol. The lowest BCUT2D eigenvalue weighted by Gasteiger charge is -2.35. The van der Waals surface area contributed by atoms with E-state index in [1.807, 2.05) is 0 Å². The van der Waals surface area contributed by atoms with Gasteiger partial charge in [0.15, 0.2) is 0 Å². The topological polar surface area (TPSA) is 69.9 Å². The Morgan fingerprint density at radius 2 is 2.00 bits per heavy atom. The van der Waals surface area contributed by atoms with Gasteiger partial charge in [0.05, 0.1) is 19.3 Å². The molecule has 0 aliphatic carbocycles. The van der Waals surface area contributed by atoms with E-state index in [9.17, 15) is 10.2 Å². The first-order chi connectivity index (χ1) is 5.16.